The van der Waals surface area contributed by atoms with Gasteiger partial charge in [-0.25, -0.2) is 0 Å². The van der Waals surface area contributed by atoms with Crippen LogP contribution in [-0.4, -0.2) is 42.6 Å². The number of rotatable bonds is 5. The van der Waals surface area contributed by atoms with Gasteiger partial charge in [0.05, 0.1) is 0 Å². The first-order valence-electron chi connectivity index (χ1n) is 6.38. The number of hydrogen-bond donors (Lipinski definition) is 1. The normalized spacial score (nSPS) is 20.7. The van der Waals surface area contributed by atoms with Crippen LogP contribution in [0.25, 0.3) is 0 Å². The van der Waals surface area contributed by atoms with Crippen LogP contribution in [0.3, 0.4) is 0 Å². The molecule has 0 bridgehead atoms. The Kier molecular flexibility index (Phi) is 5.36. The fourth-order valence-electron chi connectivity index (χ4n) is 2.16. The molecular formula is C14H22N2S. The van der Waals surface area contributed by atoms with Crippen molar-refractivity contribution < 1.29 is 0 Å². The van der Waals surface area contributed by atoms with Crippen LogP contribution >= 0.6 is 11.8 Å². The van der Waals surface area contributed by atoms with Crippen molar-refractivity contribution >= 4 is 11.8 Å². The molecule has 1 aliphatic rings. The van der Waals surface area contributed by atoms with Crippen LogP contribution in [0.15, 0.2) is 30.3 Å². The summed E-state index contributed by atoms with van der Waals surface area (Å²) in [5.74, 6) is 2.55. The van der Waals surface area contributed by atoms with Gasteiger partial charge in [0.25, 0.3) is 0 Å². The summed E-state index contributed by atoms with van der Waals surface area (Å²) in [6.07, 6.45) is 1.26. The summed E-state index contributed by atoms with van der Waals surface area (Å²) >= 11 is 2.08. The zero-order valence-corrected chi connectivity index (χ0v) is 11.4. The average Bonchev–Trinajstić information content (AvgIpc) is 2.39. The molecule has 0 radical (unpaired) electrons. The van der Waals surface area contributed by atoms with E-state index in [0.717, 1.165) is 6.54 Å². The zero-order chi connectivity index (χ0) is 11.9. The number of nitrogens with one attached hydrogen (secondary N) is 1. The molecule has 2 rings (SSSR count). The van der Waals surface area contributed by atoms with E-state index in [0.29, 0.717) is 6.04 Å². The van der Waals surface area contributed by atoms with E-state index in [1.54, 1.807) is 0 Å². The smallest absolute Gasteiger partial charge is 0.0230 e. The van der Waals surface area contributed by atoms with Gasteiger partial charge in [0.1, 0.15) is 0 Å². The molecule has 94 valence electrons. The molecule has 0 amide bonds. The Morgan fingerprint density at radius 1 is 1.35 bits per heavy atom. The van der Waals surface area contributed by atoms with Crippen LogP contribution < -0.4 is 5.32 Å². The molecule has 1 heterocycles. The first kappa shape index (κ1) is 12.9. The fraction of sp³-hybridized carbons (Fsp3) is 0.571. The highest BCUT2D eigenvalue weighted by Crippen LogP contribution is 2.11. The maximum Gasteiger partial charge on any atom is 0.0230 e. The number of thioether (sulfide) groups is 1. The molecule has 2 nitrogen and oxygen atoms in total. The maximum atomic E-state index is 3.59. The maximum absolute atomic E-state index is 3.59. The predicted molar refractivity (Wildman–Crippen MR) is 76.5 cm³/mol. The highest BCUT2D eigenvalue weighted by atomic mass is 32.2. The Morgan fingerprint density at radius 2 is 2.18 bits per heavy atom. The van der Waals surface area contributed by atoms with Gasteiger partial charge in [-0.2, -0.15) is 11.8 Å². The lowest BCUT2D eigenvalue weighted by Gasteiger charge is -2.25. The van der Waals surface area contributed by atoms with Gasteiger partial charge in [-0.05, 0) is 25.6 Å². The fourth-order valence-corrected chi connectivity index (χ4v) is 3.15. The second-order valence-corrected chi connectivity index (χ2v) is 5.89. The second-order valence-electron chi connectivity index (χ2n) is 4.74. The van der Waals surface area contributed by atoms with Crippen molar-refractivity contribution in [2.75, 3.05) is 31.6 Å². The summed E-state index contributed by atoms with van der Waals surface area (Å²) in [7, 11) is 2.21. The Bertz CT molecular complexity index is 309. The summed E-state index contributed by atoms with van der Waals surface area (Å²) < 4.78 is 0. The Hall–Kier alpha value is -0.510. The molecule has 1 unspecified atom stereocenters. The summed E-state index contributed by atoms with van der Waals surface area (Å²) in [5.41, 5.74) is 1.40. The molecule has 1 atom stereocenters. The number of nitrogens with zero attached hydrogens (tertiary/aromatic N) is 1. The van der Waals surface area contributed by atoms with E-state index >= 15 is 0 Å². The third kappa shape index (κ3) is 4.70. The molecule has 1 fully saturated rings. The lowest BCUT2D eigenvalue weighted by atomic mass is 10.2. The minimum absolute atomic E-state index is 0.715. The number of benzene rings is 1. The third-order valence-electron chi connectivity index (χ3n) is 3.15. The first-order valence-corrected chi connectivity index (χ1v) is 7.53. The van der Waals surface area contributed by atoms with E-state index in [9.17, 15) is 0 Å². The highest BCUT2D eigenvalue weighted by molar-refractivity contribution is 7.99. The summed E-state index contributed by atoms with van der Waals surface area (Å²) in [6, 6.07) is 11.4. The lowest BCUT2D eigenvalue weighted by Crippen LogP contribution is -2.39. The van der Waals surface area contributed by atoms with Crippen molar-refractivity contribution in [3.05, 3.63) is 35.9 Å². The average molecular weight is 250 g/mol. The molecule has 3 heteroatoms. The van der Waals surface area contributed by atoms with E-state index in [2.05, 4.69) is 59.4 Å². The van der Waals surface area contributed by atoms with Crippen LogP contribution in [-0.2, 0) is 6.54 Å². The van der Waals surface area contributed by atoms with Crippen LogP contribution in [0.4, 0.5) is 0 Å². The van der Waals surface area contributed by atoms with E-state index in [1.165, 1.54) is 36.6 Å². The SMILES string of the molecule is CN(CCC1CSCCN1)Cc1ccccc1. The highest BCUT2D eigenvalue weighted by Gasteiger charge is 2.13. The van der Waals surface area contributed by atoms with Crippen molar-refractivity contribution in [1.29, 1.82) is 0 Å². The van der Waals surface area contributed by atoms with Gasteiger partial charge in [0, 0.05) is 30.6 Å². The molecule has 17 heavy (non-hydrogen) atoms. The molecule has 0 aliphatic carbocycles. The Labute approximate surface area is 109 Å². The molecule has 0 aromatic heterocycles. The van der Waals surface area contributed by atoms with E-state index in [-0.39, 0.29) is 0 Å². The van der Waals surface area contributed by atoms with E-state index < -0.39 is 0 Å². The van der Waals surface area contributed by atoms with Crippen LogP contribution in [0.5, 0.6) is 0 Å². The van der Waals surface area contributed by atoms with Gasteiger partial charge in [-0.15, -0.1) is 0 Å². The van der Waals surface area contributed by atoms with Crippen LogP contribution in [0.1, 0.15) is 12.0 Å². The van der Waals surface area contributed by atoms with Gasteiger partial charge >= 0.3 is 0 Å². The molecule has 1 aliphatic heterocycles. The second kappa shape index (κ2) is 7.04. The monoisotopic (exact) mass is 250 g/mol. The molecule has 0 saturated carbocycles. The summed E-state index contributed by atoms with van der Waals surface area (Å²) in [6.45, 7) is 3.41. The summed E-state index contributed by atoms with van der Waals surface area (Å²) in [5, 5.41) is 3.59. The molecule has 1 N–H and O–H groups in total. The first-order chi connectivity index (χ1) is 8.34. The molecular weight excluding hydrogens is 228 g/mol. The largest absolute Gasteiger partial charge is 0.312 e. The van der Waals surface area contributed by atoms with Crippen LogP contribution in [0.2, 0.25) is 0 Å². The number of hydrogen-bond acceptors (Lipinski definition) is 3. The Morgan fingerprint density at radius 3 is 2.88 bits per heavy atom. The van der Waals surface area contributed by atoms with Gasteiger partial charge in [-0.3, -0.25) is 0 Å². The molecule has 1 aromatic carbocycles. The molecule has 1 saturated heterocycles. The minimum atomic E-state index is 0.715. The van der Waals surface area contributed by atoms with Crippen molar-refractivity contribution in [1.82, 2.24) is 10.2 Å². The van der Waals surface area contributed by atoms with Crippen molar-refractivity contribution in [3.8, 4) is 0 Å². The van der Waals surface area contributed by atoms with Gasteiger partial charge < -0.3 is 10.2 Å². The van der Waals surface area contributed by atoms with Crippen molar-refractivity contribution in [2.45, 2.75) is 19.0 Å². The minimum Gasteiger partial charge on any atom is -0.312 e. The van der Waals surface area contributed by atoms with Gasteiger partial charge in [0.15, 0.2) is 0 Å². The predicted octanol–water partition coefficient (Wildman–Crippen LogP) is 2.21. The molecule has 0 spiro atoms. The Balaban J connectivity index is 1.68. The van der Waals surface area contributed by atoms with E-state index in [1.807, 2.05) is 0 Å². The van der Waals surface area contributed by atoms with E-state index in [4.69, 9.17) is 0 Å². The van der Waals surface area contributed by atoms with Gasteiger partial charge in [-0.1, -0.05) is 30.3 Å². The standard InChI is InChI=1S/C14H22N2S/c1-16(11-13-5-3-2-4-6-13)9-7-14-12-17-10-8-15-14/h2-6,14-15H,7-12H2,1H3. The van der Waals surface area contributed by atoms with Crippen molar-refractivity contribution in [3.63, 3.8) is 0 Å². The van der Waals surface area contributed by atoms with Crippen LogP contribution in [0, 0.1) is 0 Å². The molecule has 1 aromatic rings. The zero-order valence-electron chi connectivity index (χ0n) is 10.6. The third-order valence-corrected chi connectivity index (χ3v) is 4.28. The summed E-state index contributed by atoms with van der Waals surface area (Å²) in [4.78, 5) is 2.41. The topological polar surface area (TPSA) is 15.3 Å². The quantitative estimate of drug-likeness (QED) is 0.862. The lowest BCUT2D eigenvalue weighted by molar-refractivity contribution is 0.305. The van der Waals surface area contributed by atoms with Gasteiger partial charge in [0.2, 0.25) is 0 Å². The van der Waals surface area contributed by atoms with Crippen molar-refractivity contribution in [2.24, 2.45) is 0 Å².